The van der Waals surface area contributed by atoms with Crippen molar-refractivity contribution in [2.45, 2.75) is 37.1 Å². The molecule has 0 aromatic heterocycles. The fourth-order valence-electron chi connectivity index (χ4n) is 2.05. The van der Waals surface area contributed by atoms with Crippen LogP contribution in [-0.2, 0) is 17.8 Å². The molecule has 0 radical (unpaired) electrons. The van der Waals surface area contributed by atoms with Gasteiger partial charge in [0.05, 0.1) is 0 Å². The lowest BCUT2D eigenvalue weighted by Crippen LogP contribution is -2.22. The SMILES string of the molecule is O=C(CCCO)NCc1ccc2c(c1)CCCS2. The first kappa shape index (κ1) is 13.4. The van der Waals surface area contributed by atoms with Gasteiger partial charge in [0.2, 0.25) is 5.91 Å². The third kappa shape index (κ3) is 3.75. The van der Waals surface area contributed by atoms with Gasteiger partial charge in [-0.05, 0) is 42.2 Å². The molecule has 1 heterocycles. The van der Waals surface area contributed by atoms with Crippen molar-refractivity contribution in [1.82, 2.24) is 5.32 Å². The molecule has 4 heteroatoms. The number of nitrogens with one attached hydrogen (secondary N) is 1. The molecule has 1 aliphatic heterocycles. The quantitative estimate of drug-likeness (QED) is 0.857. The van der Waals surface area contributed by atoms with Crippen LogP contribution in [0.1, 0.15) is 30.4 Å². The van der Waals surface area contributed by atoms with Crippen LogP contribution in [-0.4, -0.2) is 23.4 Å². The Hall–Kier alpha value is -1.00. The number of thioether (sulfide) groups is 1. The summed E-state index contributed by atoms with van der Waals surface area (Å²) in [5.74, 6) is 1.22. The second-order valence-corrected chi connectivity index (χ2v) is 5.63. The number of benzene rings is 1. The van der Waals surface area contributed by atoms with E-state index in [1.807, 2.05) is 11.8 Å². The Bertz CT molecular complexity index is 420. The minimum absolute atomic E-state index is 0.0103. The van der Waals surface area contributed by atoms with Crippen molar-refractivity contribution < 1.29 is 9.90 Å². The Balaban J connectivity index is 1.88. The van der Waals surface area contributed by atoms with Crippen molar-refractivity contribution in [3.63, 3.8) is 0 Å². The zero-order valence-corrected chi connectivity index (χ0v) is 11.3. The first-order valence-corrected chi connectivity index (χ1v) is 7.40. The van der Waals surface area contributed by atoms with Crippen molar-refractivity contribution in [3.05, 3.63) is 29.3 Å². The lowest BCUT2D eigenvalue weighted by atomic mass is 10.1. The number of carbonyl (C=O) groups is 1. The van der Waals surface area contributed by atoms with E-state index in [0.717, 1.165) is 12.0 Å². The van der Waals surface area contributed by atoms with E-state index < -0.39 is 0 Å². The molecule has 3 nitrogen and oxygen atoms in total. The fraction of sp³-hybridized carbons (Fsp3) is 0.500. The van der Waals surface area contributed by atoms with Gasteiger partial charge in [0.15, 0.2) is 0 Å². The maximum atomic E-state index is 11.4. The van der Waals surface area contributed by atoms with Gasteiger partial charge in [0.1, 0.15) is 0 Å². The van der Waals surface area contributed by atoms with Gasteiger partial charge in [-0.3, -0.25) is 4.79 Å². The summed E-state index contributed by atoms with van der Waals surface area (Å²) in [4.78, 5) is 12.8. The number of aryl methyl sites for hydroxylation is 1. The Labute approximate surface area is 112 Å². The van der Waals surface area contributed by atoms with Crippen molar-refractivity contribution in [3.8, 4) is 0 Å². The number of aliphatic hydroxyl groups is 1. The molecule has 0 unspecified atom stereocenters. The molecule has 0 saturated heterocycles. The van der Waals surface area contributed by atoms with Crippen LogP contribution in [0.4, 0.5) is 0 Å². The maximum absolute atomic E-state index is 11.4. The van der Waals surface area contributed by atoms with Crippen LogP contribution in [0.25, 0.3) is 0 Å². The van der Waals surface area contributed by atoms with Crippen molar-refractivity contribution in [2.75, 3.05) is 12.4 Å². The summed E-state index contributed by atoms with van der Waals surface area (Å²) < 4.78 is 0. The molecule has 18 heavy (non-hydrogen) atoms. The molecule has 98 valence electrons. The minimum atomic E-state index is 0.0103. The summed E-state index contributed by atoms with van der Waals surface area (Å²) in [5.41, 5.74) is 2.57. The Morgan fingerprint density at radius 3 is 3.17 bits per heavy atom. The summed E-state index contributed by atoms with van der Waals surface area (Å²) in [6.45, 7) is 0.658. The maximum Gasteiger partial charge on any atom is 0.220 e. The first-order valence-electron chi connectivity index (χ1n) is 6.42. The van der Waals surface area contributed by atoms with Gasteiger partial charge in [-0.25, -0.2) is 0 Å². The molecule has 0 fully saturated rings. The molecule has 1 amide bonds. The van der Waals surface area contributed by atoms with Gasteiger partial charge in [0.25, 0.3) is 0 Å². The molecular weight excluding hydrogens is 246 g/mol. The third-order valence-corrected chi connectivity index (χ3v) is 4.23. The second-order valence-electron chi connectivity index (χ2n) is 4.50. The van der Waals surface area contributed by atoms with E-state index in [1.54, 1.807) is 0 Å². The first-order chi connectivity index (χ1) is 8.79. The number of hydrogen-bond acceptors (Lipinski definition) is 3. The molecule has 1 aromatic rings. The normalized spacial score (nSPS) is 14.1. The topological polar surface area (TPSA) is 49.3 Å². The average Bonchev–Trinajstić information content (AvgIpc) is 2.42. The number of hydrogen-bond donors (Lipinski definition) is 2. The Kier molecular flexibility index (Phi) is 5.08. The van der Waals surface area contributed by atoms with Crippen molar-refractivity contribution in [1.29, 1.82) is 0 Å². The highest BCUT2D eigenvalue weighted by Crippen LogP contribution is 2.30. The fourth-order valence-corrected chi connectivity index (χ4v) is 3.07. The van der Waals surface area contributed by atoms with Gasteiger partial charge in [0, 0.05) is 24.5 Å². The van der Waals surface area contributed by atoms with E-state index in [4.69, 9.17) is 5.11 Å². The number of fused-ring (bicyclic) bond motifs is 1. The molecule has 1 aromatic carbocycles. The summed E-state index contributed by atoms with van der Waals surface area (Å²) >= 11 is 1.92. The molecule has 0 bridgehead atoms. The van der Waals surface area contributed by atoms with Gasteiger partial charge in [-0.2, -0.15) is 0 Å². The summed E-state index contributed by atoms with van der Waals surface area (Å²) in [7, 11) is 0. The highest BCUT2D eigenvalue weighted by Gasteiger charge is 2.10. The van der Waals surface area contributed by atoms with Crippen LogP contribution in [0.2, 0.25) is 0 Å². The minimum Gasteiger partial charge on any atom is -0.396 e. The number of aliphatic hydroxyl groups excluding tert-OH is 1. The standard InChI is InChI=1S/C14H19NO2S/c16-7-1-4-14(17)15-10-11-5-6-13-12(9-11)3-2-8-18-13/h5-6,9,16H,1-4,7-8,10H2,(H,15,17). The highest BCUT2D eigenvalue weighted by molar-refractivity contribution is 7.99. The van der Waals surface area contributed by atoms with E-state index in [1.165, 1.54) is 22.6 Å². The number of carbonyl (C=O) groups excluding carboxylic acids is 1. The molecule has 0 atom stereocenters. The Morgan fingerprint density at radius 1 is 1.44 bits per heavy atom. The zero-order valence-electron chi connectivity index (χ0n) is 10.4. The van der Waals surface area contributed by atoms with Gasteiger partial charge < -0.3 is 10.4 Å². The second kappa shape index (κ2) is 6.81. The molecule has 0 saturated carbocycles. The molecule has 2 N–H and O–H groups in total. The summed E-state index contributed by atoms with van der Waals surface area (Å²) in [6, 6.07) is 6.45. The lowest BCUT2D eigenvalue weighted by molar-refractivity contribution is -0.121. The molecule has 0 spiro atoms. The van der Waals surface area contributed by atoms with Crippen LogP contribution >= 0.6 is 11.8 Å². The van der Waals surface area contributed by atoms with Crippen LogP contribution in [0, 0.1) is 0 Å². The number of rotatable bonds is 5. The van der Waals surface area contributed by atoms with Gasteiger partial charge >= 0.3 is 0 Å². The van der Waals surface area contributed by atoms with Crippen LogP contribution in [0.15, 0.2) is 23.1 Å². The average molecular weight is 265 g/mol. The molecular formula is C14H19NO2S. The number of amides is 1. The molecule has 1 aliphatic rings. The molecule has 0 aliphatic carbocycles. The smallest absolute Gasteiger partial charge is 0.220 e. The van der Waals surface area contributed by atoms with E-state index >= 15 is 0 Å². The van der Waals surface area contributed by atoms with Crippen LogP contribution in [0.3, 0.4) is 0 Å². The van der Waals surface area contributed by atoms with Crippen LogP contribution < -0.4 is 5.32 Å². The van der Waals surface area contributed by atoms with E-state index in [0.29, 0.717) is 19.4 Å². The Morgan fingerprint density at radius 2 is 2.33 bits per heavy atom. The summed E-state index contributed by atoms with van der Waals surface area (Å²) in [5, 5.41) is 11.5. The van der Waals surface area contributed by atoms with Gasteiger partial charge in [-0.1, -0.05) is 12.1 Å². The predicted octanol–water partition coefficient (Wildman–Crippen LogP) is 2.11. The third-order valence-electron chi connectivity index (χ3n) is 3.02. The molecule has 2 rings (SSSR count). The van der Waals surface area contributed by atoms with Crippen LogP contribution in [0.5, 0.6) is 0 Å². The van der Waals surface area contributed by atoms with E-state index in [9.17, 15) is 4.79 Å². The predicted molar refractivity (Wildman–Crippen MR) is 73.7 cm³/mol. The van der Waals surface area contributed by atoms with E-state index in [-0.39, 0.29) is 12.5 Å². The monoisotopic (exact) mass is 265 g/mol. The van der Waals surface area contributed by atoms with Crippen molar-refractivity contribution >= 4 is 17.7 Å². The van der Waals surface area contributed by atoms with Gasteiger partial charge in [-0.15, -0.1) is 11.8 Å². The summed E-state index contributed by atoms with van der Waals surface area (Å²) in [6.07, 6.45) is 3.32. The lowest BCUT2D eigenvalue weighted by Gasteiger charge is -2.16. The highest BCUT2D eigenvalue weighted by atomic mass is 32.2. The zero-order chi connectivity index (χ0) is 12.8. The van der Waals surface area contributed by atoms with Crippen molar-refractivity contribution in [2.24, 2.45) is 0 Å². The largest absolute Gasteiger partial charge is 0.396 e. The van der Waals surface area contributed by atoms with E-state index in [2.05, 4.69) is 23.5 Å².